The molecular formula is C23H36N4O2. The van der Waals surface area contributed by atoms with Gasteiger partial charge in [-0.15, -0.1) is 0 Å². The van der Waals surface area contributed by atoms with Crippen molar-refractivity contribution in [1.82, 2.24) is 9.88 Å². The molecule has 1 unspecified atom stereocenters. The van der Waals surface area contributed by atoms with Crippen LogP contribution >= 0.6 is 0 Å². The van der Waals surface area contributed by atoms with E-state index in [9.17, 15) is 4.79 Å². The number of amides is 1. The minimum Gasteiger partial charge on any atom is -0.474 e. The zero-order chi connectivity index (χ0) is 21.2. The number of rotatable bonds is 4. The molecular weight excluding hydrogens is 364 g/mol. The Balaban J connectivity index is 1.71. The standard InChI is InChI=1S/C23H36N4O2/c1-7-8-22(29-23(4,5)6)26-13-11-25(12-14-26)21-10-9-20-19(24-21)15-17(2)16-27(20)18(3)28/h8-10,17H,7,11-16H2,1-6H3/b22-8-. The molecule has 0 aliphatic carbocycles. The molecule has 6 nitrogen and oxygen atoms in total. The summed E-state index contributed by atoms with van der Waals surface area (Å²) in [6.45, 7) is 16.7. The molecule has 160 valence electrons. The fourth-order valence-electron chi connectivity index (χ4n) is 4.04. The Labute approximate surface area is 175 Å². The predicted octanol–water partition coefficient (Wildman–Crippen LogP) is 3.82. The molecule has 3 rings (SSSR count). The molecule has 0 bridgehead atoms. The molecule has 0 spiro atoms. The van der Waals surface area contributed by atoms with Gasteiger partial charge in [0.05, 0.1) is 11.4 Å². The number of nitrogens with zero attached hydrogens (tertiary/aromatic N) is 4. The van der Waals surface area contributed by atoms with E-state index in [1.807, 2.05) is 4.90 Å². The van der Waals surface area contributed by atoms with E-state index < -0.39 is 0 Å². The number of fused-ring (bicyclic) bond motifs is 1. The van der Waals surface area contributed by atoms with Crippen molar-refractivity contribution in [3.63, 3.8) is 0 Å². The first kappa shape index (κ1) is 21.5. The third-order valence-electron chi connectivity index (χ3n) is 5.35. The lowest BCUT2D eigenvalue weighted by atomic mass is 9.98. The van der Waals surface area contributed by atoms with E-state index in [1.54, 1.807) is 6.92 Å². The number of aromatic nitrogens is 1. The number of carbonyl (C=O) groups is 1. The van der Waals surface area contributed by atoms with Crippen LogP contribution in [-0.4, -0.2) is 54.1 Å². The van der Waals surface area contributed by atoms with Crippen LogP contribution in [0.1, 0.15) is 53.7 Å². The van der Waals surface area contributed by atoms with E-state index in [0.717, 1.165) is 68.6 Å². The van der Waals surface area contributed by atoms with Gasteiger partial charge in [-0.3, -0.25) is 4.79 Å². The molecule has 0 saturated carbocycles. The summed E-state index contributed by atoms with van der Waals surface area (Å²) in [6.07, 6.45) is 4.06. The summed E-state index contributed by atoms with van der Waals surface area (Å²) in [6, 6.07) is 4.14. The van der Waals surface area contributed by atoms with Gasteiger partial charge in [-0.2, -0.15) is 0 Å². The highest BCUT2D eigenvalue weighted by molar-refractivity contribution is 5.92. The fraction of sp³-hybridized carbons (Fsp3) is 0.652. The Bertz CT molecular complexity index is 761. The van der Waals surface area contributed by atoms with E-state index in [2.05, 4.69) is 62.6 Å². The van der Waals surface area contributed by atoms with Crippen LogP contribution in [0.15, 0.2) is 24.1 Å². The Morgan fingerprint density at radius 3 is 2.52 bits per heavy atom. The van der Waals surface area contributed by atoms with Crippen LogP contribution < -0.4 is 9.80 Å². The SMILES string of the molecule is CC/C=C(\OC(C)(C)C)N1CCN(c2ccc3c(n2)CC(C)CN3C(C)=O)CC1. The highest BCUT2D eigenvalue weighted by Crippen LogP contribution is 2.31. The first-order chi connectivity index (χ1) is 13.7. The van der Waals surface area contributed by atoms with Crippen molar-refractivity contribution in [2.24, 2.45) is 5.92 Å². The van der Waals surface area contributed by atoms with Crippen molar-refractivity contribution < 1.29 is 9.53 Å². The molecule has 2 aliphatic rings. The van der Waals surface area contributed by atoms with Gasteiger partial charge in [0.15, 0.2) is 5.88 Å². The summed E-state index contributed by atoms with van der Waals surface area (Å²) < 4.78 is 6.19. The van der Waals surface area contributed by atoms with E-state index in [1.165, 1.54) is 0 Å². The zero-order valence-corrected chi connectivity index (χ0v) is 18.9. The molecule has 1 atom stereocenters. The minimum atomic E-state index is -0.197. The van der Waals surface area contributed by atoms with Gasteiger partial charge < -0.3 is 19.4 Å². The van der Waals surface area contributed by atoms with Crippen molar-refractivity contribution in [1.29, 1.82) is 0 Å². The number of pyridine rings is 1. The molecule has 1 aromatic rings. The number of hydrogen-bond acceptors (Lipinski definition) is 5. The van der Waals surface area contributed by atoms with Gasteiger partial charge >= 0.3 is 0 Å². The lowest BCUT2D eigenvalue weighted by Crippen LogP contribution is -2.47. The number of carbonyl (C=O) groups excluding carboxylic acids is 1. The van der Waals surface area contributed by atoms with E-state index in [4.69, 9.17) is 9.72 Å². The Morgan fingerprint density at radius 2 is 1.93 bits per heavy atom. The smallest absolute Gasteiger partial charge is 0.223 e. The van der Waals surface area contributed by atoms with Crippen molar-refractivity contribution in [3.05, 3.63) is 29.8 Å². The molecule has 0 aromatic carbocycles. The van der Waals surface area contributed by atoms with Crippen LogP contribution in [0.25, 0.3) is 0 Å². The first-order valence-corrected chi connectivity index (χ1v) is 10.8. The first-order valence-electron chi connectivity index (χ1n) is 10.8. The lowest BCUT2D eigenvalue weighted by molar-refractivity contribution is -0.116. The van der Waals surface area contributed by atoms with Crippen LogP contribution in [0.5, 0.6) is 0 Å². The molecule has 6 heteroatoms. The van der Waals surface area contributed by atoms with E-state index in [-0.39, 0.29) is 11.5 Å². The van der Waals surface area contributed by atoms with E-state index in [0.29, 0.717) is 5.92 Å². The topological polar surface area (TPSA) is 48.9 Å². The van der Waals surface area contributed by atoms with Crippen molar-refractivity contribution in [2.45, 2.75) is 60.0 Å². The molecule has 3 heterocycles. The molecule has 2 aliphatic heterocycles. The second-order valence-corrected chi connectivity index (χ2v) is 9.21. The van der Waals surface area contributed by atoms with Crippen molar-refractivity contribution >= 4 is 17.4 Å². The van der Waals surface area contributed by atoms with Gasteiger partial charge in [-0.1, -0.05) is 13.8 Å². The maximum absolute atomic E-state index is 12.0. The molecule has 1 saturated heterocycles. The van der Waals surface area contributed by atoms with Gasteiger partial charge in [0.25, 0.3) is 0 Å². The summed E-state index contributed by atoms with van der Waals surface area (Å²) >= 11 is 0. The summed E-state index contributed by atoms with van der Waals surface area (Å²) in [5.74, 6) is 2.53. The maximum Gasteiger partial charge on any atom is 0.223 e. The van der Waals surface area contributed by atoms with Gasteiger partial charge in [0.2, 0.25) is 5.91 Å². The third kappa shape index (κ3) is 5.22. The quantitative estimate of drug-likeness (QED) is 0.719. The highest BCUT2D eigenvalue weighted by Gasteiger charge is 2.28. The van der Waals surface area contributed by atoms with Crippen LogP contribution in [0, 0.1) is 5.92 Å². The number of hydrogen-bond donors (Lipinski definition) is 0. The van der Waals surface area contributed by atoms with E-state index >= 15 is 0 Å². The fourth-order valence-corrected chi connectivity index (χ4v) is 4.04. The molecule has 0 N–H and O–H groups in total. The summed E-state index contributed by atoms with van der Waals surface area (Å²) in [7, 11) is 0. The van der Waals surface area contributed by atoms with Gasteiger partial charge in [-0.25, -0.2) is 4.98 Å². The number of ether oxygens (including phenoxy) is 1. The minimum absolute atomic E-state index is 0.0926. The monoisotopic (exact) mass is 400 g/mol. The summed E-state index contributed by atoms with van der Waals surface area (Å²) in [4.78, 5) is 23.5. The molecule has 0 radical (unpaired) electrons. The molecule has 29 heavy (non-hydrogen) atoms. The van der Waals surface area contributed by atoms with Crippen LogP contribution in [0.3, 0.4) is 0 Å². The summed E-state index contributed by atoms with van der Waals surface area (Å²) in [5.41, 5.74) is 1.82. The number of allylic oxidation sites excluding steroid dienone is 1. The Kier molecular flexibility index (Phi) is 6.39. The second-order valence-electron chi connectivity index (χ2n) is 9.21. The number of piperazine rings is 1. The van der Waals surface area contributed by atoms with Crippen LogP contribution in [0.2, 0.25) is 0 Å². The van der Waals surface area contributed by atoms with Crippen molar-refractivity contribution in [2.75, 3.05) is 42.5 Å². The van der Waals surface area contributed by atoms with Gasteiger partial charge in [-0.05, 0) is 57.7 Å². The Morgan fingerprint density at radius 1 is 1.24 bits per heavy atom. The normalized spacial score (nSPS) is 20.6. The second kappa shape index (κ2) is 8.64. The Hall–Kier alpha value is -2.24. The molecule has 1 amide bonds. The summed E-state index contributed by atoms with van der Waals surface area (Å²) in [5, 5.41) is 0. The average molecular weight is 401 g/mol. The lowest BCUT2D eigenvalue weighted by Gasteiger charge is -2.40. The van der Waals surface area contributed by atoms with Crippen LogP contribution in [0.4, 0.5) is 11.5 Å². The van der Waals surface area contributed by atoms with Crippen LogP contribution in [-0.2, 0) is 16.0 Å². The zero-order valence-electron chi connectivity index (χ0n) is 18.9. The van der Waals surface area contributed by atoms with Gasteiger partial charge in [0, 0.05) is 39.6 Å². The van der Waals surface area contributed by atoms with Crippen molar-refractivity contribution in [3.8, 4) is 0 Å². The third-order valence-corrected chi connectivity index (χ3v) is 5.35. The molecule has 1 fully saturated rings. The maximum atomic E-state index is 12.0. The molecule has 1 aromatic heterocycles. The number of anilines is 2. The van der Waals surface area contributed by atoms with Gasteiger partial charge in [0.1, 0.15) is 11.4 Å². The highest BCUT2D eigenvalue weighted by atomic mass is 16.5. The largest absolute Gasteiger partial charge is 0.474 e. The average Bonchev–Trinajstić information content (AvgIpc) is 2.65. The predicted molar refractivity (Wildman–Crippen MR) is 118 cm³/mol.